The molecule has 156 valence electrons. The maximum absolute atomic E-state index is 13.0. The second-order valence-electron chi connectivity index (χ2n) is 7.49. The van der Waals surface area contributed by atoms with Crippen molar-refractivity contribution in [3.63, 3.8) is 0 Å². The fourth-order valence-corrected chi connectivity index (χ4v) is 3.48. The molecule has 6 heteroatoms. The van der Waals surface area contributed by atoms with E-state index in [-0.39, 0.29) is 11.3 Å². The highest BCUT2D eigenvalue weighted by Gasteiger charge is 2.46. The van der Waals surface area contributed by atoms with Crippen molar-refractivity contribution in [1.29, 1.82) is 0 Å². The summed E-state index contributed by atoms with van der Waals surface area (Å²) in [6.07, 6.45) is 1.65. The van der Waals surface area contributed by atoms with E-state index in [1.165, 1.54) is 4.90 Å². The Morgan fingerprint density at radius 1 is 1.17 bits per heavy atom. The molecule has 1 saturated heterocycles. The van der Waals surface area contributed by atoms with Crippen LogP contribution in [0.5, 0.6) is 5.75 Å². The first-order valence-electron chi connectivity index (χ1n) is 9.90. The molecule has 0 unspecified atom stereocenters. The average molecular weight is 407 g/mol. The number of nitrogens with zero attached hydrogens (tertiary/aromatic N) is 1. The number of likely N-dealkylation sites (N-methyl/N-ethyl adjacent to an activating group) is 1. The zero-order chi connectivity index (χ0) is 21.7. The van der Waals surface area contributed by atoms with Crippen LogP contribution in [0.1, 0.15) is 17.2 Å². The maximum atomic E-state index is 13.0. The summed E-state index contributed by atoms with van der Waals surface area (Å²) in [5.74, 6) is -0.837. The number of hydrogen-bond donors (Lipinski definition) is 2. The molecule has 0 aliphatic carbocycles. The van der Waals surface area contributed by atoms with E-state index in [1.807, 2.05) is 32.3 Å². The van der Waals surface area contributed by atoms with Gasteiger partial charge in [0, 0.05) is 5.56 Å². The van der Waals surface area contributed by atoms with E-state index >= 15 is 0 Å². The third-order valence-electron chi connectivity index (χ3n) is 4.98. The monoisotopic (exact) mass is 407 g/mol. The van der Waals surface area contributed by atoms with Crippen LogP contribution in [0.4, 0.5) is 0 Å². The Kier molecular flexibility index (Phi) is 6.69. The minimum atomic E-state index is -0.683. The largest absolute Gasteiger partial charge is 0.507 e. The topological polar surface area (TPSA) is 71.3 Å². The number of carbonyl (C=O) groups is 2. The number of likely N-dealkylation sites (tertiary alicyclic amines) is 1. The highest BCUT2D eigenvalue weighted by Crippen LogP contribution is 2.39. The van der Waals surface area contributed by atoms with E-state index in [0.717, 1.165) is 4.90 Å². The van der Waals surface area contributed by atoms with Crippen molar-refractivity contribution < 1.29 is 24.3 Å². The Balaban J connectivity index is 2.11. The molecular formula is C24H27N2O4+. The van der Waals surface area contributed by atoms with Crippen LogP contribution in [-0.2, 0) is 9.59 Å². The molecule has 1 aliphatic rings. The van der Waals surface area contributed by atoms with Crippen molar-refractivity contribution in [2.75, 3.05) is 33.8 Å². The Bertz CT molecular complexity index is 966. The third-order valence-corrected chi connectivity index (χ3v) is 4.98. The van der Waals surface area contributed by atoms with E-state index in [9.17, 15) is 14.7 Å². The van der Waals surface area contributed by atoms with Crippen LogP contribution < -0.4 is 9.64 Å². The number of Topliss-reactive ketones (excluding diaryl/α,β-unsaturated/α-hetero) is 1. The van der Waals surface area contributed by atoms with Crippen molar-refractivity contribution in [3.8, 4) is 5.75 Å². The number of ketones is 1. The Morgan fingerprint density at radius 3 is 2.57 bits per heavy atom. The molecule has 1 fully saturated rings. The number of aliphatic hydroxyl groups excluding tert-OH is 1. The molecule has 2 aromatic carbocycles. The normalized spacial score (nSPS) is 18.1. The molecule has 3 rings (SSSR count). The van der Waals surface area contributed by atoms with Crippen LogP contribution in [0.25, 0.3) is 5.76 Å². The van der Waals surface area contributed by atoms with Gasteiger partial charge in [-0.1, -0.05) is 55.1 Å². The molecule has 0 bridgehead atoms. The van der Waals surface area contributed by atoms with Crippen LogP contribution in [0.2, 0.25) is 0 Å². The lowest BCUT2D eigenvalue weighted by atomic mass is 9.95. The number of amides is 1. The lowest BCUT2D eigenvalue weighted by Crippen LogP contribution is -3.06. The predicted octanol–water partition coefficient (Wildman–Crippen LogP) is 1.82. The van der Waals surface area contributed by atoms with E-state index < -0.39 is 17.7 Å². The minimum Gasteiger partial charge on any atom is -0.507 e. The highest BCUT2D eigenvalue weighted by molar-refractivity contribution is 6.46. The van der Waals surface area contributed by atoms with Gasteiger partial charge in [-0.05, 0) is 17.7 Å². The van der Waals surface area contributed by atoms with Crippen LogP contribution in [0, 0.1) is 0 Å². The van der Waals surface area contributed by atoms with Crippen molar-refractivity contribution in [2.45, 2.75) is 6.04 Å². The summed E-state index contributed by atoms with van der Waals surface area (Å²) >= 11 is 0. The number of ether oxygens (including phenoxy) is 1. The molecule has 1 amide bonds. The van der Waals surface area contributed by atoms with Gasteiger partial charge in [-0.3, -0.25) is 9.59 Å². The molecular weight excluding hydrogens is 380 g/mol. The summed E-state index contributed by atoms with van der Waals surface area (Å²) in [5.41, 5.74) is 1.31. The summed E-state index contributed by atoms with van der Waals surface area (Å²) in [4.78, 5) is 28.5. The van der Waals surface area contributed by atoms with Crippen molar-refractivity contribution in [1.82, 2.24) is 4.90 Å². The predicted molar refractivity (Wildman–Crippen MR) is 115 cm³/mol. The van der Waals surface area contributed by atoms with Gasteiger partial charge in [0.2, 0.25) is 0 Å². The summed E-state index contributed by atoms with van der Waals surface area (Å²) in [6, 6.07) is 15.4. The van der Waals surface area contributed by atoms with Crippen molar-refractivity contribution in [2.24, 2.45) is 0 Å². The van der Waals surface area contributed by atoms with Gasteiger partial charge in [-0.25, -0.2) is 0 Å². The van der Waals surface area contributed by atoms with E-state index in [4.69, 9.17) is 4.74 Å². The molecule has 1 heterocycles. The molecule has 30 heavy (non-hydrogen) atoms. The number of quaternary nitrogens is 1. The van der Waals surface area contributed by atoms with Gasteiger partial charge < -0.3 is 19.6 Å². The van der Waals surface area contributed by atoms with Gasteiger partial charge in [0.25, 0.3) is 11.7 Å². The maximum Gasteiger partial charge on any atom is 0.295 e. The summed E-state index contributed by atoms with van der Waals surface area (Å²) in [6.45, 7) is 5.05. The van der Waals surface area contributed by atoms with Crippen LogP contribution >= 0.6 is 0 Å². The zero-order valence-electron chi connectivity index (χ0n) is 17.3. The van der Waals surface area contributed by atoms with Gasteiger partial charge in [-0.15, -0.1) is 0 Å². The van der Waals surface area contributed by atoms with Crippen LogP contribution in [-0.4, -0.2) is 55.5 Å². The fraction of sp³-hybridized carbons (Fsp3) is 0.250. The number of aliphatic hydroxyl groups is 1. The molecule has 2 N–H and O–H groups in total. The molecule has 1 atom stereocenters. The first kappa shape index (κ1) is 21.3. The SMILES string of the molecule is C=CCOc1cccc([C@@H]2C(=C(O)c3ccccc3)C(=O)C(=O)N2CC[NH+](C)C)c1. The zero-order valence-corrected chi connectivity index (χ0v) is 17.3. The van der Waals surface area contributed by atoms with E-state index in [1.54, 1.807) is 42.5 Å². The van der Waals surface area contributed by atoms with Gasteiger partial charge >= 0.3 is 0 Å². The average Bonchev–Trinajstić information content (AvgIpc) is 3.01. The minimum absolute atomic E-state index is 0.0980. The van der Waals surface area contributed by atoms with Crippen LogP contribution in [0.3, 0.4) is 0 Å². The summed E-state index contributed by atoms with van der Waals surface area (Å²) in [5, 5.41) is 11.0. The lowest BCUT2D eigenvalue weighted by molar-refractivity contribution is -0.857. The first-order chi connectivity index (χ1) is 14.4. The van der Waals surface area contributed by atoms with E-state index in [2.05, 4.69) is 6.58 Å². The standard InChI is InChI=1S/C24H26N2O4/c1-4-15-30-19-12-8-11-18(16-19)21-20(22(27)17-9-6-5-7-10-17)23(28)24(29)26(21)14-13-25(2)3/h4-12,16,21,27H,1,13-15H2,2-3H3/p+1/t21-/m1/s1. The molecule has 0 radical (unpaired) electrons. The second-order valence-corrected chi connectivity index (χ2v) is 7.49. The summed E-state index contributed by atoms with van der Waals surface area (Å²) in [7, 11) is 3.97. The molecule has 0 saturated carbocycles. The Morgan fingerprint density at radius 2 is 1.90 bits per heavy atom. The van der Waals surface area contributed by atoms with Crippen LogP contribution in [0.15, 0.2) is 72.8 Å². The number of carbonyl (C=O) groups excluding carboxylic acids is 2. The number of benzene rings is 2. The first-order valence-corrected chi connectivity index (χ1v) is 9.90. The molecule has 0 spiro atoms. The van der Waals surface area contributed by atoms with Gasteiger partial charge in [-0.2, -0.15) is 0 Å². The van der Waals surface area contributed by atoms with Crippen molar-refractivity contribution in [3.05, 3.63) is 84.0 Å². The molecule has 1 aliphatic heterocycles. The Hall–Kier alpha value is -3.38. The van der Waals surface area contributed by atoms with Gasteiger partial charge in [0.15, 0.2) is 0 Å². The quantitative estimate of drug-likeness (QED) is 0.303. The number of hydrogen-bond acceptors (Lipinski definition) is 4. The molecule has 6 nitrogen and oxygen atoms in total. The highest BCUT2D eigenvalue weighted by atomic mass is 16.5. The van der Waals surface area contributed by atoms with Gasteiger partial charge in [0.1, 0.15) is 18.1 Å². The number of nitrogens with one attached hydrogen (secondary N) is 1. The van der Waals surface area contributed by atoms with E-state index in [0.29, 0.717) is 36.6 Å². The molecule has 2 aromatic rings. The van der Waals surface area contributed by atoms with Gasteiger partial charge in [0.05, 0.1) is 38.8 Å². The lowest BCUT2D eigenvalue weighted by Gasteiger charge is -2.26. The van der Waals surface area contributed by atoms with Crippen molar-refractivity contribution >= 4 is 17.4 Å². The second kappa shape index (κ2) is 9.41. The molecule has 0 aromatic heterocycles. The Labute approximate surface area is 176 Å². The smallest absolute Gasteiger partial charge is 0.295 e. The third kappa shape index (κ3) is 4.44. The fourth-order valence-electron chi connectivity index (χ4n) is 3.48. The summed E-state index contributed by atoms with van der Waals surface area (Å²) < 4.78 is 5.63. The number of rotatable bonds is 8.